The van der Waals surface area contributed by atoms with Crippen molar-refractivity contribution in [1.82, 2.24) is 14.7 Å². The lowest BCUT2D eigenvalue weighted by Gasteiger charge is -2.19. The molecule has 0 radical (unpaired) electrons. The second kappa shape index (κ2) is 7.47. The van der Waals surface area contributed by atoms with Gasteiger partial charge < -0.3 is 4.90 Å². The topological polar surface area (TPSA) is 26.8 Å². The van der Waals surface area contributed by atoms with E-state index in [9.17, 15) is 9.18 Å². The first-order valence-electron chi connectivity index (χ1n) is 9.66. The van der Waals surface area contributed by atoms with Gasteiger partial charge in [-0.05, 0) is 55.8 Å². The van der Waals surface area contributed by atoms with Crippen molar-refractivity contribution in [2.24, 2.45) is 0 Å². The van der Waals surface area contributed by atoms with Crippen LogP contribution >= 0.6 is 11.6 Å². The summed E-state index contributed by atoms with van der Waals surface area (Å²) in [6.45, 7) is 8.17. The monoisotopic (exact) mass is 401 g/mol. The Morgan fingerprint density at radius 3 is 2.61 bits per heavy atom. The lowest BCUT2D eigenvalue weighted by molar-refractivity contribution is 0.0731. The molecule has 0 aliphatic carbocycles. The SMILES string of the molecule is CC(C)N1Cc2cc(-c3ccc(CN4CCN(C)C4)cc3F)cc(Cl)c2C1=O. The van der Waals surface area contributed by atoms with Gasteiger partial charge >= 0.3 is 0 Å². The molecule has 0 atom stereocenters. The molecule has 0 unspecified atom stereocenters. The van der Waals surface area contributed by atoms with E-state index in [0.29, 0.717) is 28.3 Å². The highest BCUT2D eigenvalue weighted by molar-refractivity contribution is 6.34. The van der Waals surface area contributed by atoms with Gasteiger partial charge in [0.05, 0.1) is 17.3 Å². The Hall–Kier alpha value is -1.95. The van der Waals surface area contributed by atoms with Crippen LogP contribution in [0.2, 0.25) is 5.02 Å². The Bertz CT molecular complexity index is 930. The average Bonchev–Trinajstić information content (AvgIpc) is 3.18. The highest BCUT2D eigenvalue weighted by atomic mass is 35.5. The first kappa shape index (κ1) is 19.4. The van der Waals surface area contributed by atoms with Gasteiger partial charge in [-0.2, -0.15) is 0 Å². The summed E-state index contributed by atoms with van der Waals surface area (Å²) in [5.41, 5.74) is 3.61. The molecule has 148 valence electrons. The normalized spacial score (nSPS) is 17.8. The van der Waals surface area contributed by atoms with Gasteiger partial charge in [0.2, 0.25) is 0 Å². The van der Waals surface area contributed by atoms with Crippen LogP contribution in [0.25, 0.3) is 11.1 Å². The molecule has 4 rings (SSSR count). The third kappa shape index (κ3) is 3.54. The van der Waals surface area contributed by atoms with Crippen LogP contribution < -0.4 is 0 Å². The van der Waals surface area contributed by atoms with Gasteiger partial charge in [0, 0.05) is 37.8 Å². The van der Waals surface area contributed by atoms with Crippen molar-refractivity contribution >= 4 is 17.5 Å². The van der Waals surface area contributed by atoms with Gasteiger partial charge in [-0.25, -0.2) is 4.39 Å². The molecule has 0 aromatic heterocycles. The summed E-state index contributed by atoms with van der Waals surface area (Å²) in [6.07, 6.45) is 0. The maximum atomic E-state index is 14.9. The Morgan fingerprint density at radius 2 is 1.96 bits per heavy atom. The molecule has 2 aromatic rings. The summed E-state index contributed by atoms with van der Waals surface area (Å²) in [6, 6.07) is 9.11. The fourth-order valence-corrected chi connectivity index (χ4v) is 4.39. The van der Waals surface area contributed by atoms with Crippen LogP contribution in [-0.4, -0.2) is 53.5 Å². The van der Waals surface area contributed by atoms with Crippen molar-refractivity contribution in [1.29, 1.82) is 0 Å². The number of halogens is 2. The van der Waals surface area contributed by atoms with E-state index in [1.165, 1.54) is 0 Å². The third-order valence-corrected chi connectivity index (χ3v) is 5.90. The molecular formula is C22H25ClFN3O. The molecule has 4 nitrogen and oxygen atoms in total. The fraction of sp³-hybridized carbons (Fsp3) is 0.409. The maximum Gasteiger partial charge on any atom is 0.256 e. The molecule has 2 aliphatic heterocycles. The summed E-state index contributed by atoms with van der Waals surface area (Å²) in [4.78, 5) is 18.9. The van der Waals surface area contributed by atoms with E-state index in [-0.39, 0.29) is 17.8 Å². The Morgan fingerprint density at radius 1 is 1.18 bits per heavy atom. The second-order valence-corrected chi connectivity index (χ2v) is 8.51. The van der Waals surface area contributed by atoms with E-state index >= 15 is 0 Å². The zero-order valence-electron chi connectivity index (χ0n) is 16.5. The van der Waals surface area contributed by atoms with Crippen molar-refractivity contribution in [2.75, 3.05) is 26.8 Å². The van der Waals surface area contributed by atoms with Gasteiger partial charge in [0.1, 0.15) is 5.82 Å². The first-order valence-corrected chi connectivity index (χ1v) is 10.0. The zero-order valence-corrected chi connectivity index (χ0v) is 17.3. The molecule has 6 heteroatoms. The highest BCUT2D eigenvalue weighted by Crippen LogP contribution is 2.36. The van der Waals surface area contributed by atoms with Crippen LogP contribution in [0.3, 0.4) is 0 Å². The summed E-state index contributed by atoms with van der Waals surface area (Å²) < 4.78 is 14.9. The summed E-state index contributed by atoms with van der Waals surface area (Å²) >= 11 is 6.42. The standard InChI is InChI=1S/C22H25ClFN3O/c1-14(2)27-12-17-9-16(10-19(23)21(17)22(27)28)18-5-4-15(8-20(18)24)11-26-7-6-25(3)13-26/h4-5,8-10,14H,6-7,11-13H2,1-3H3. The molecule has 0 spiro atoms. The number of benzene rings is 2. The predicted molar refractivity (Wildman–Crippen MR) is 110 cm³/mol. The molecular weight excluding hydrogens is 377 g/mol. The highest BCUT2D eigenvalue weighted by Gasteiger charge is 2.32. The van der Waals surface area contributed by atoms with Gasteiger partial charge in [0.15, 0.2) is 0 Å². The Kier molecular flexibility index (Phi) is 5.17. The van der Waals surface area contributed by atoms with E-state index in [1.807, 2.05) is 32.0 Å². The van der Waals surface area contributed by atoms with Crippen LogP contribution in [0.5, 0.6) is 0 Å². The van der Waals surface area contributed by atoms with E-state index in [0.717, 1.165) is 37.4 Å². The largest absolute Gasteiger partial charge is 0.332 e. The number of amides is 1. The number of rotatable bonds is 4. The number of carbonyl (C=O) groups is 1. The van der Waals surface area contributed by atoms with Crippen molar-refractivity contribution in [2.45, 2.75) is 33.0 Å². The smallest absolute Gasteiger partial charge is 0.256 e. The van der Waals surface area contributed by atoms with E-state index in [4.69, 9.17) is 11.6 Å². The molecule has 0 saturated carbocycles. The molecule has 1 amide bonds. The fourth-order valence-electron chi connectivity index (χ4n) is 4.07. The molecule has 0 bridgehead atoms. The van der Waals surface area contributed by atoms with Crippen molar-refractivity contribution < 1.29 is 9.18 Å². The Labute approximate surface area is 170 Å². The summed E-state index contributed by atoms with van der Waals surface area (Å²) in [7, 11) is 2.09. The molecule has 2 aromatic carbocycles. The second-order valence-electron chi connectivity index (χ2n) is 8.11. The quantitative estimate of drug-likeness (QED) is 0.767. The molecule has 2 heterocycles. The molecule has 2 aliphatic rings. The molecule has 1 fully saturated rings. The lowest BCUT2D eigenvalue weighted by Crippen LogP contribution is -2.30. The van der Waals surface area contributed by atoms with Crippen LogP contribution in [0.1, 0.15) is 35.3 Å². The summed E-state index contributed by atoms with van der Waals surface area (Å²) in [5.74, 6) is -0.306. The number of likely N-dealkylation sites (N-methyl/N-ethyl adjacent to an activating group) is 1. The van der Waals surface area contributed by atoms with Crippen molar-refractivity contribution in [3.05, 3.63) is 57.9 Å². The number of nitrogens with zero attached hydrogens (tertiary/aromatic N) is 3. The number of fused-ring (bicyclic) bond motifs is 1. The lowest BCUT2D eigenvalue weighted by atomic mass is 9.98. The number of carbonyl (C=O) groups excluding carboxylic acids is 1. The Balaban J connectivity index is 1.61. The summed E-state index contributed by atoms with van der Waals surface area (Å²) in [5, 5.41) is 0.393. The third-order valence-electron chi connectivity index (χ3n) is 5.60. The van der Waals surface area contributed by atoms with Crippen LogP contribution in [0.4, 0.5) is 4.39 Å². The molecule has 28 heavy (non-hydrogen) atoms. The van der Waals surface area contributed by atoms with Crippen molar-refractivity contribution in [3.8, 4) is 11.1 Å². The van der Waals surface area contributed by atoms with Gasteiger partial charge in [-0.3, -0.25) is 14.6 Å². The van der Waals surface area contributed by atoms with E-state index in [2.05, 4.69) is 16.8 Å². The van der Waals surface area contributed by atoms with Gasteiger partial charge in [-0.15, -0.1) is 0 Å². The minimum Gasteiger partial charge on any atom is -0.332 e. The van der Waals surface area contributed by atoms with Crippen LogP contribution in [0.15, 0.2) is 30.3 Å². The minimum absolute atomic E-state index is 0.0482. The number of hydrogen-bond acceptors (Lipinski definition) is 3. The number of hydrogen-bond donors (Lipinski definition) is 0. The van der Waals surface area contributed by atoms with Gasteiger partial charge in [0.25, 0.3) is 5.91 Å². The van der Waals surface area contributed by atoms with Gasteiger partial charge in [-0.1, -0.05) is 23.7 Å². The average molecular weight is 402 g/mol. The molecule has 0 N–H and O–H groups in total. The van der Waals surface area contributed by atoms with E-state index in [1.54, 1.807) is 17.0 Å². The first-order chi connectivity index (χ1) is 13.3. The zero-order chi connectivity index (χ0) is 20.0. The predicted octanol–water partition coefficient (Wildman–Crippen LogP) is 4.22. The van der Waals surface area contributed by atoms with Crippen LogP contribution in [0, 0.1) is 5.82 Å². The minimum atomic E-state index is -0.258. The van der Waals surface area contributed by atoms with Crippen molar-refractivity contribution in [3.63, 3.8) is 0 Å². The maximum absolute atomic E-state index is 14.9. The van der Waals surface area contributed by atoms with Crippen LogP contribution in [-0.2, 0) is 13.1 Å². The van der Waals surface area contributed by atoms with E-state index < -0.39 is 0 Å². The molecule has 1 saturated heterocycles.